The summed E-state index contributed by atoms with van der Waals surface area (Å²) in [5.74, 6) is -0.264. The summed E-state index contributed by atoms with van der Waals surface area (Å²) >= 11 is 2.82. The molecule has 2 aromatic carbocycles. The van der Waals surface area contributed by atoms with Crippen LogP contribution in [0.1, 0.15) is 18.9 Å². The number of fused-ring (bicyclic) bond motifs is 1. The van der Waals surface area contributed by atoms with E-state index < -0.39 is 5.25 Å². The Balaban J connectivity index is 1.50. The zero-order valence-electron chi connectivity index (χ0n) is 16.1. The second-order valence-corrected chi connectivity index (χ2v) is 8.79. The van der Waals surface area contributed by atoms with Gasteiger partial charge in [-0.3, -0.25) is 14.5 Å². The van der Waals surface area contributed by atoms with Crippen molar-refractivity contribution in [1.82, 2.24) is 9.88 Å². The Morgan fingerprint density at radius 3 is 2.72 bits per heavy atom. The van der Waals surface area contributed by atoms with E-state index in [4.69, 9.17) is 0 Å². The summed E-state index contributed by atoms with van der Waals surface area (Å²) in [6.45, 7) is 4.35. The van der Waals surface area contributed by atoms with Gasteiger partial charge < -0.3 is 5.32 Å². The molecule has 29 heavy (non-hydrogen) atoms. The van der Waals surface area contributed by atoms with Crippen LogP contribution in [0.25, 0.3) is 10.2 Å². The van der Waals surface area contributed by atoms with Crippen molar-refractivity contribution in [2.45, 2.75) is 25.5 Å². The number of anilines is 1. The molecule has 2 amide bonds. The van der Waals surface area contributed by atoms with E-state index in [0.29, 0.717) is 16.8 Å². The summed E-state index contributed by atoms with van der Waals surface area (Å²) in [5, 5.41) is 3.64. The van der Waals surface area contributed by atoms with Gasteiger partial charge in [0.2, 0.25) is 16.9 Å². The maximum atomic E-state index is 12.8. The van der Waals surface area contributed by atoms with Crippen LogP contribution in [-0.4, -0.2) is 38.7 Å². The number of amides is 2. The molecule has 3 aromatic rings. The number of hydrogen-bond donors (Lipinski definition) is 1. The number of aryl methyl sites for hydroxylation is 1. The van der Waals surface area contributed by atoms with Gasteiger partial charge >= 0.3 is 0 Å². The lowest BCUT2D eigenvalue weighted by Crippen LogP contribution is -2.33. The first-order chi connectivity index (χ1) is 14.0. The van der Waals surface area contributed by atoms with Crippen LogP contribution >= 0.6 is 23.1 Å². The second kappa shape index (κ2) is 8.34. The number of thiazole rings is 1. The summed E-state index contributed by atoms with van der Waals surface area (Å²) in [6, 6.07) is 15.4. The Morgan fingerprint density at radius 2 is 1.97 bits per heavy atom. The molecule has 1 saturated heterocycles. The van der Waals surface area contributed by atoms with Gasteiger partial charge in [-0.1, -0.05) is 53.4 Å². The maximum Gasteiger partial charge on any atom is 0.242 e. The highest BCUT2D eigenvalue weighted by Crippen LogP contribution is 2.34. The molecule has 1 fully saturated rings. The van der Waals surface area contributed by atoms with Gasteiger partial charge in [0.25, 0.3) is 0 Å². The summed E-state index contributed by atoms with van der Waals surface area (Å²) in [6.07, 6.45) is 0.104. The van der Waals surface area contributed by atoms with E-state index in [1.54, 1.807) is 4.90 Å². The Morgan fingerprint density at radius 1 is 1.21 bits per heavy atom. The third kappa shape index (κ3) is 4.18. The van der Waals surface area contributed by atoms with Gasteiger partial charge in [-0.25, -0.2) is 4.98 Å². The highest BCUT2D eigenvalue weighted by atomic mass is 32.2. The molecule has 1 atom stereocenters. The second-order valence-electron chi connectivity index (χ2n) is 6.61. The lowest BCUT2D eigenvalue weighted by molar-refractivity contribution is -0.128. The van der Waals surface area contributed by atoms with Crippen LogP contribution in [0.3, 0.4) is 0 Å². The third-order valence-electron chi connectivity index (χ3n) is 4.60. The van der Waals surface area contributed by atoms with Gasteiger partial charge in [0.05, 0.1) is 10.2 Å². The van der Waals surface area contributed by atoms with Crippen molar-refractivity contribution in [2.24, 2.45) is 4.99 Å². The molecule has 148 valence electrons. The zero-order valence-corrected chi connectivity index (χ0v) is 17.7. The number of carbonyl (C=O) groups excluding carboxylic acids is 2. The fourth-order valence-electron chi connectivity index (χ4n) is 3.09. The third-order valence-corrected chi connectivity index (χ3v) is 6.71. The number of rotatable bonds is 5. The van der Waals surface area contributed by atoms with Crippen LogP contribution in [0, 0.1) is 6.92 Å². The van der Waals surface area contributed by atoms with Gasteiger partial charge in [-0.15, -0.1) is 0 Å². The van der Waals surface area contributed by atoms with Gasteiger partial charge in [-0.2, -0.15) is 4.99 Å². The maximum absolute atomic E-state index is 12.8. The quantitative estimate of drug-likeness (QED) is 0.650. The lowest BCUT2D eigenvalue weighted by atomic mass is 10.2. The molecule has 0 saturated carbocycles. The number of carbonyl (C=O) groups is 2. The highest BCUT2D eigenvalue weighted by molar-refractivity contribution is 8.15. The first kappa shape index (κ1) is 19.6. The van der Waals surface area contributed by atoms with Crippen molar-refractivity contribution < 1.29 is 9.59 Å². The Hall–Kier alpha value is -2.71. The van der Waals surface area contributed by atoms with E-state index in [-0.39, 0.29) is 18.2 Å². The van der Waals surface area contributed by atoms with E-state index in [1.807, 2.05) is 62.4 Å². The predicted molar refractivity (Wildman–Crippen MR) is 120 cm³/mol. The fraction of sp³-hybridized carbons (Fsp3) is 0.238. The van der Waals surface area contributed by atoms with Crippen molar-refractivity contribution in [1.29, 1.82) is 0 Å². The standard InChI is InChI=1S/C21H20N4O2S2/c1-3-25-19(27)17(12-18(26)22-14-9-5-4-8-13(14)2)29-21(25)24-20-23-15-10-6-7-11-16(15)28-20/h4-11,17H,3,12H2,1-2H3,(H,22,26)/b24-21-. The van der Waals surface area contributed by atoms with Gasteiger partial charge in [0.1, 0.15) is 5.25 Å². The zero-order chi connectivity index (χ0) is 20.4. The SMILES string of the molecule is CCN1C(=O)C(CC(=O)Nc2ccccc2C)S/C1=N\c1nc2ccccc2s1. The van der Waals surface area contributed by atoms with E-state index in [2.05, 4.69) is 15.3 Å². The molecule has 0 aliphatic carbocycles. The van der Waals surface area contributed by atoms with Gasteiger partial charge in [0.15, 0.2) is 5.17 Å². The normalized spacial score (nSPS) is 18.0. The van der Waals surface area contributed by atoms with E-state index >= 15 is 0 Å². The van der Waals surface area contributed by atoms with Crippen LogP contribution < -0.4 is 5.32 Å². The molecule has 2 heterocycles. The van der Waals surface area contributed by atoms with E-state index in [9.17, 15) is 9.59 Å². The molecule has 1 N–H and O–H groups in total. The summed E-state index contributed by atoms with van der Waals surface area (Å²) < 4.78 is 1.05. The Labute approximate surface area is 177 Å². The number of thioether (sulfide) groups is 1. The number of aromatic nitrogens is 1. The minimum Gasteiger partial charge on any atom is -0.326 e. The Kier molecular flexibility index (Phi) is 5.64. The molecule has 1 aliphatic heterocycles. The van der Waals surface area contributed by atoms with Crippen LogP contribution in [-0.2, 0) is 9.59 Å². The van der Waals surface area contributed by atoms with Crippen LogP contribution in [0.2, 0.25) is 0 Å². The van der Waals surface area contributed by atoms with Crippen LogP contribution in [0.15, 0.2) is 53.5 Å². The van der Waals surface area contributed by atoms with Gasteiger partial charge in [0, 0.05) is 18.7 Å². The van der Waals surface area contributed by atoms with Crippen LogP contribution in [0.4, 0.5) is 10.8 Å². The Bertz CT molecular complexity index is 1080. The molecular weight excluding hydrogens is 404 g/mol. The molecule has 1 aliphatic rings. The van der Waals surface area contributed by atoms with Crippen molar-refractivity contribution in [3.05, 3.63) is 54.1 Å². The lowest BCUT2D eigenvalue weighted by Gasteiger charge is -2.13. The van der Waals surface area contributed by atoms with Crippen molar-refractivity contribution in [3.63, 3.8) is 0 Å². The number of amidine groups is 1. The average Bonchev–Trinajstić information content (AvgIpc) is 3.24. The first-order valence-corrected chi connectivity index (χ1v) is 11.0. The molecule has 0 bridgehead atoms. The molecule has 0 radical (unpaired) electrons. The molecule has 8 heteroatoms. The van der Waals surface area contributed by atoms with E-state index in [0.717, 1.165) is 21.5 Å². The van der Waals surface area contributed by atoms with Crippen molar-refractivity contribution in [2.75, 3.05) is 11.9 Å². The molecule has 6 nitrogen and oxygen atoms in total. The molecule has 0 spiro atoms. The molecule has 4 rings (SSSR count). The summed E-state index contributed by atoms with van der Waals surface area (Å²) in [7, 11) is 0. The number of hydrogen-bond acceptors (Lipinski definition) is 6. The average molecular weight is 425 g/mol. The van der Waals surface area contributed by atoms with Gasteiger partial charge in [-0.05, 0) is 37.6 Å². The number of para-hydroxylation sites is 2. The smallest absolute Gasteiger partial charge is 0.242 e. The van der Waals surface area contributed by atoms with E-state index in [1.165, 1.54) is 23.1 Å². The van der Waals surface area contributed by atoms with Crippen molar-refractivity contribution in [3.8, 4) is 0 Å². The highest BCUT2D eigenvalue weighted by Gasteiger charge is 2.38. The minimum atomic E-state index is -0.480. The number of nitrogens with one attached hydrogen (secondary N) is 1. The fourth-order valence-corrected chi connectivity index (χ4v) is 5.19. The monoisotopic (exact) mass is 424 g/mol. The number of aliphatic imine (C=N–C) groups is 1. The number of nitrogens with zero attached hydrogens (tertiary/aromatic N) is 3. The molecule has 1 aromatic heterocycles. The first-order valence-electron chi connectivity index (χ1n) is 9.33. The summed E-state index contributed by atoms with van der Waals surface area (Å²) in [4.78, 5) is 36.1. The minimum absolute atomic E-state index is 0.0858. The largest absolute Gasteiger partial charge is 0.326 e. The van der Waals surface area contributed by atoms with Crippen LogP contribution in [0.5, 0.6) is 0 Å². The molecule has 1 unspecified atom stereocenters. The summed E-state index contributed by atoms with van der Waals surface area (Å²) in [5.41, 5.74) is 2.64. The predicted octanol–water partition coefficient (Wildman–Crippen LogP) is 4.58. The van der Waals surface area contributed by atoms with Crippen molar-refractivity contribution >= 4 is 61.1 Å². The topological polar surface area (TPSA) is 74.7 Å². The number of benzene rings is 2. The molecular formula is C21H20N4O2S2.